The van der Waals surface area contributed by atoms with Gasteiger partial charge in [0.25, 0.3) is 11.8 Å². The van der Waals surface area contributed by atoms with Gasteiger partial charge in [0.2, 0.25) is 5.78 Å². The number of amides is 2. The summed E-state index contributed by atoms with van der Waals surface area (Å²) in [6.07, 6.45) is -0.576. The molecule has 12 heteroatoms. The molecule has 2 amide bonds. The summed E-state index contributed by atoms with van der Waals surface area (Å²) in [7, 11) is 3.54. The molecule has 36 heavy (non-hydrogen) atoms. The SMILES string of the molecule is CN(C)CCNC(=O)c1c(F)cc2c(c1O)C(O)=C1C(=O)[C@]3(O)C(O)=C(C(N)=O)C(=O)C[C@@H]3CC1C2. The minimum Gasteiger partial charge on any atom is -0.508 e. The van der Waals surface area contributed by atoms with Gasteiger partial charge in [0.1, 0.15) is 34.2 Å². The summed E-state index contributed by atoms with van der Waals surface area (Å²) in [5.41, 5.74) is 0.256. The lowest BCUT2D eigenvalue weighted by Crippen LogP contribution is -2.58. The number of nitrogens with zero attached hydrogens (tertiary/aromatic N) is 1. The zero-order chi connectivity index (χ0) is 26.7. The number of rotatable bonds is 5. The first-order valence-corrected chi connectivity index (χ1v) is 11.2. The normalized spacial score (nSPS) is 25.5. The number of ketones is 2. The van der Waals surface area contributed by atoms with Crippen molar-refractivity contribution in [3.63, 3.8) is 0 Å². The highest BCUT2D eigenvalue weighted by atomic mass is 19.1. The van der Waals surface area contributed by atoms with Gasteiger partial charge >= 0.3 is 0 Å². The number of nitrogens with one attached hydrogen (secondary N) is 1. The Balaban J connectivity index is 1.82. The second-order valence-corrected chi connectivity index (χ2v) is 9.58. The minimum absolute atomic E-state index is 0.0542. The number of fused-ring (bicyclic) bond motifs is 3. The van der Waals surface area contributed by atoms with E-state index in [-0.39, 0.29) is 36.1 Å². The Kier molecular flexibility index (Phi) is 6.13. The summed E-state index contributed by atoms with van der Waals surface area (Å²) in [5, 5.41) is 46.1. The molecule has 4 rings (SSSR count). The van der Waals surface area contributed by atoms with Gasteiger partial charge in [-0.1, -0.05) is 0 Å². The minimum atomic E-state index is -2.70. The molecule has 192 valence electrons. The number of carbonyl (C=O) groups is 4. The van der Waals surface area contributed by atoms with Gasteiger partial charge < -0.3 is 36.4 Å². The van der Waals surface area contributed by atoms with Crippen molar-refractivity contribution in [1.82, 2.24) is 10.2 Å². The maximum atomic E-state index is 14.9. The predicted octanol–water partition coefficient (Wildman–Crippen LogP) is -0.146. The summed E-state index contributed by atoms with van der Waals surface area (Å²) < 4.78 is 14.9. The first-order valence-electron chi connectivity index (χ1n) is 11.2. The topological polar surface area (TPSA) is 190 Å². The van der Waals surface area contributed by atoms with Gasteiger partial charge in [-0.2, -0.15) is 0 Å². The first kappa shape index (κ1) is 25.3. The van der Waals surface area contributed by atoms with Crippen molar-refractivity contribution in [3.05, 3.63) is 45.5 Å². The lowest BCUT2D eigenvalue weighted by atomic mass is 9.59. The molecular formula is C24H26FN3O8. The second kappa shape index (κ2) is 8.71. The number of halogens is 1. The van der Waals surface area contributed by atoms with Crippen LogP contribution in [0.3, 0.4) is 0 Å². The number of aliphatic hydroxyl groups is 3. The molecule has 0 saturated heterocycles. The van der Waals surface area contributed by atoms with Crippen LogP contribution in [0.2, 0.25) is 0 Å². The molecule has 1 fully saturated rings. The molecular weight excluding hydrogens is 477 g/mol. The zero-order valence-electron chi connectivity index (χ0n) is 19.6. The van der Waals surface area contributed by atoms with E-state index < -0.39 is 81.5 Å². The predicted molar refractivity (Wildman–Crippen MR) is 122 cm³/mol. The summed E-state index contributed by atoms with van der Waals surface area (Å²) in [4.78, 5) is 51.8. The van der Waals surface area contributed by atoms with Gasteiger partial charge in [0, 0.05) is 31.0 Å². The van der Waals surface area contributed by atoms with Crippen molar-refractivity contribution in [1.29, 1.82) is 0 Å². The maximum Gasteiger partial charge on any atom is 0.258 e. The highest BCUT2D eigenvalue weighted by Crippen LogP contribution is 2.52. The van der Waals surface area contributed by atoms with E-state index in [0.717, 1.165) is 6.07 Å². The third-order valence-corrected chi connectivity index (χ3v) is 7.08. The summed E-state index contributed by atoms with van der Waals surface area (Å²) in [6, 6.07) is 0.989. The Labute approximate surface area is 204 Å². The van der Waals surface area contributed by atoms with Crippen molar-refractivity contribution in [3.8, 4) is 5.75 Å². The standard InChI is InChI=1S/C24H26FN3O8/c1-28(2)4-3-27-23(35)16-12(25)7-10-5-9-6-11-8-13(29)17(22(26)34)21(33)24(11,36)20(32)15(9)18(30)14(10)19(16)31/h7,9,11,30-31,33,36H,3-6,8H2,1-2H3,(H2,26,34)(H,27,35)/t9?,11-,24-/m0/s1. The third-order valence-electron chi connectivity index (χ3n) is 7.08. The van der Waals surface area contributed by atoms with E-state index in [1.807, 2.05) is 0 Å². The average molecular weight is 503 g/mol. The fourth-order valence-electron chi connectivity index (χ4n) is 5.34. The van der Waals surface area contributed by atoms with Gasteiger partial charge in [-0.3, -0.25) is 19.2 Å². The van der Waals surface area contributed by atoms with E-state index in [2.05, 4.69) is 5.32 Å². The van der Waals surface area contributed by atoms with Crippen LogP contribution in [-0.2, 0) is 20.8 Å². The maximum absolute atomic E-state index is 14.9. The van der Waals surface area contributed by atoms with Crippen LogP contribution in [0, 0.1) is 17.7 Å². The number of primary amides is 1. The molecule has 0 aromatic heterocycles. The fraction of sp³-hybridized carbons (Fsp3) is 0.417. The molecule has 1 unspecified atom stereocenters. The van der Waals surface area contributed by atoms with Crippen LogP contribution in [-0.4, -0.2) is 81.5 Å². The molecule has 1 aromatic rings. The number of aromatic hydroxyl groups is 1. The molecule has 0 aliphatic heterocycles. The number of Topliss-reactive ketones (excluding diaryl/α,β-unsaturated/α-hetero) is 2. The number of phenolic OH excluding ortho intramolecular Hbond substituents is 1. The fourth-order valence-corrected chi connectivity index (χ4v) is 5.34. The molecule has 7 N–H and O–H groups in total. The van der Waals surface area contributed by atoms with Gasteiger partial charge in [-0.15, -0.1) is 0 Å². The number of hydrogen-bond acceptors (Lipinski definition) is 9. The van der Waals surface area contributed by atoms with Gasteiger partial charge in [-0.25, -0.2) is 4.39 Å². The van der Waals surface area contributed by atoms with Crippen LogP contribution in [0.25, 0.3) is 5.76 Å². The summed E-state index contributed by atoms with van der Waals surface area (Å²) >= 11 is 0. The third kappa shape index (κ3) is 3.64. The smallest absolute Gasteiger partial charge is 0.258 e. The second-order valence-electron chi connectivity index (χ2n) is 9.58. The Morgan fingerprint density at radius 3 is 2.50 bits per heavy atom. The van der Waals surface area contributed by atoms with E-state index in [1.165, 1.54) is 0 Å². The first-order chi connectivity index (χ1) is 16.8. The number of aliphatic hydroxyl groups excluding tert-OH is 2. The molecule has 3 aliphatic rings. The molecule has 0 spiro atoms. The Bertz CT molecular complexity index is 1280. The van der Waals surface area contributed by atoms with Crippen molar-refractivity contribution >= 4 is 29.1 Å². The number of benzene rings is 1. The van der Waals surface area contributed by atoms with Crippen molar-refractivity contribution in [2.45, 2.75) is 24.9 Å². The summed E-state index contributed by atoms with van der Waals surface area (Å²) in [5.74, 6) is -10.0. The van der Waals surface area contributed by atoms with Crippen LogP contribution in [0.1, 0.15) is 34.3 Å². The molecule has 0 heterocycles. The Hall–Kier alpha value is -3.77. The molecule has 3 atom stereocenters. The van der Waals surface area contributed by atoms with Crippen molar-refractivity contribution in [2.75, 3.05) is 27.2 Å². The number of likely N-dealkylation sites (N-methyl/N-ethyl adjacent to an activating group) is 1. The number of hydrogen-bond donors (Lipinski definition) is 6. The number of nitrogens with two attached hydrogens (primary N) is 1. The van der Waals surface area contributed by atoms with Gasteiger partial charge in [0.05, 0.1) is 5.56 Å². The van der Waals surface area contributed by atoms with Gasteiger partial charge in [-0.05, 0) is 44.5 Å². The van der Waals surface area contributed by atoms with Crippen LogP contribution >= 0.6 is 0 Å². The molecule has 11 nitrogen and oxygen atoms in total. The Morgan fingerprint density at radius 2 is 1.89 bits per heavy atom. The average Bonchev–Trinajstić information content (AvgIpc) is 2.75. The van der Waals surface area contributed by atoms with E-state index in [4.69, 9.17) is 5.73 Å². The van der Waals surface area contributed by atoms with Gasteiger partial charge in [0.15, 0.2) is 11.4 Å². The number of phenols is 1. The molecule has 0 radical (unpaired) electrons. The number of carbonyl (C=O) groups excluding carboxylic acids is 4. The van der Waals surface area contributed by atoms with Crippen LogP contribution in [0.4, 0.5) is 4.39 Å². The molecule has 3 aliphatic carbocycles. The Morgan fingerprint density at radius 1 is 1.22 bits per heavy atom. The summed E-state index contributed by atoms with van der Waals surface area (Å²) in [6.45, 7) is 0.591. The molecule has 0 bridgehead atoms. The van der Waals surface area contributed by atoms with Crippen LogP contribution in [0.5, 0.6) is 5.75 Å². The highest BCUT2D eigenvalue weighted by molar-refractivity contribution is 6.22. The lowest BCUT2D eigenvalue weighted by Gasteiger charge is -2.46. The van der Waals surface area contributed by atoms with E-state index in [1.54, 1.807) is 19.0 Å². The van der Waals surface area contributed by atoms with Crippen LogP contribution < -0.4 is 11.1 Å². The lowest BCUT2D eigenvalue weighted by molar-refractivity contribution is -0.147. The van der Waals surface area contributed by atoms with Crippen molar-refractivity contribution < 1.29 is 44.0 Å². The van der Waals surface area contributed by atoms with Crippen molar-refractivity contribution in [2.24, 2.45) is 17.6 Å². The van der Waals surface area contributed by atoms with E-state index in [0.29, 0.717) is 6.54 Å². The zero-order valence-corrected chi connectivity index (χ0v) is 19.6. The quantitative estimate of drug-likeness (QED) is 0.297. The molecule has 1 aromatic carbocycles. The van der Waals surface area contributed by atoms with Crippen LogP contribution in [0.15, 0.2) is 23.0 Å². The largest absolute Gasteiger partial charge is 0.508 e. The van der Waals surface area contributed by atoms with E-state index in [9.17, 15) is 44.0 Å². The highest BCUT2D eigenvalue weighted by Gasteiger charge is 2.60. The molecule has 1 saturated carbocycles. The monoisotopic (exact) mass is 503 g/mol. The van der Waals surface area contributed by atoms with E-state index >= 15 is 0 Å².